The van der Waals surface area contributed by atoms with Crippen LogP contribution >= 0.6 is 11.6 Å². The number of carbonyl (C=O) groups excluding carboxylic acids is 1. The van der Waals surface area contributed by atoms with E-state index in [0.29, 0.717) is 11.3 Å². The summed E-state index contributed by atoms with van der Waals surface area (Å²) in [6.45, 7) is -0.00661. The number of aromatic nitrogens is 2. The summed E-state index contributed by atoms with van der Waals surface area (Å²) < 4.78 is 13.7. The van der Waals surface area contributed by atoms with Gasteiger partial charge in [0.2, 0.25) is 0 Å². The van der Waals surface area contributed by atoms with Gasteiger partial charge in [-0.2, -0.15) is 10.2 Å². The number of benzene rings is 2. The molecule has 0 saturated carbocycles. The molecule has 1 amide bonds. The maximum atomic E-state index is 13.7. The standard InChI is InChI=1S/C18H13ClFN3O/c19-15-7-4-8-16(20)14(15)11-21-18(24)13-9-17(23-22-10-13)12-5-2-1-3-6-12/h1-10H,11H2,(H,21,24). The summed E-state index contributed by atoms with van der Waals surface area (Å²) in [5, 5.41) is 10.8. The lowest BCUT2D eigenvalue weighted by molar-refractivity contribution is 0.0950. The summed E-state index contributed by atoms with van der Waals surface area (Å²) in [6.07, 6.45) is 1.37. The molecule has 0 radical (unpaired) electrons. The average molecular weight is 342 g/mol. The largest absolute Gasteiger partial charge is 0.348 e. The van der Waals surface area contributed by atoms with E-state index in [4.69, 9.17) is 11.6 Å². The van der Waals surface area contributed by atoms with E-state index in [1.54, 1.807) is 12.1 Å². The fourth-order valence-electron chi connectivity index (χ4n) is 2.21. The Hall–Kier alpha value is -2.79. The van der Waals surface area contributed by atoms with Crippen LogP contribution in [0.3, 0.4) is 0 Å². The molecular weight excluding hydrogens is 329 g/mol. The highest BCUT2D eigenvalue weighted by atomic mass is 35.5. The van der Waals surface area contributed by atoms with E-state index in [-0.39, 0.29) is 23.0 Å². The summed E-state index contributed by atoms with van der Waals surface area (Å²) >= 11 is 5.95. The number of carbonyl (C=O) groups is 1. The predicted octanol–water partition coefficient (Wildman–Crippen LogP) is 3.87. The van der Waals surface area contributed by atoms with E-state index in [2.05, 4.69) is 15.5 Å². The third kappa shape index (κ3) is 3.58. The van der Waals surface area contributed by atoms with Gasteiger partial charge in [-0.1, -0.05) is 48.0 Å². The molecule has 0 fully saturated rings. The van der Waals surface area contributed by atoms with Crippen LogP contribution < -0.4 is 5.32 Å². The fourth-order valence-corrected chi connectivity index (χ4v) is 2.44. The lowest BCUT2D eigenvalue weighted by atomic mass is 10.1. The SMILES string of the molecule is O=C(NCc1c(F)cccc1Cl)c1cnnc(-c2ccccc2)c1. The molecule has 120 valence electrons. The first-order valence-electron chi connectivity index (χ1n) is 7.24. The Morgan fingerprint density at radius 1 is 1.12 bits per heavy atom. The Kier molecular flexibility index (Phi) is 4.82. The minimum atomic E-state index is -0.458. The highest BCUT2D eigenvalue weighted by Crippen LogP contribution is 2.19. The van der Waals surface area contributed by atoms with Crippen molar-refractivity contribution in [1.29, 1.82) is 0 Å². The minimum absolute atomic E-state index is 0.00661. The number of rotatable bonds is 4. The lowest BCUT2D eigenvalue weighted by Gasteiger charge is -2.08. The first-order chi connectivity index (χ1) is 11.6. The molecule has 6 heteroatoms. The van der Waals surface area contributed by atoms with Gasteiger partial charge in [-0.05, 0) is 18.2 Å². The smallest absolute Gasteiger partial charge is 0.253 e. The molecular formula is C18H13ClFN3O. The normalized spacial score (nSPS) is 10.4. The van der Waals surface area contributed by atoms with Crippen LogP contribution in [-0.4, -0.2) is 16.1 Å². The molecule has 0 saturated heterocycles. The van der Waals surface area contributed by atoms with Crippen molar-refractivity contribution < 1.29 is 9.18 Å². The first kappa shape index (κ1) is 16.1. The van der Waals surface area contributed by atoms with Crippen molar-refractivity contribution in [2.45, 2.75) is 6.54 Å². The van der Waals surface area contributed by atoms with Gasteiger partial charge in [0.1, 0.15) is 5.82 Å². The third-order valence-electron chi connectivity index (χ3n) is 3.47. The van der Waals surface area contributed by atoms with E-state index in [1.165, 1.54) is 18.3 Å². The third-order valence-corrected chi connectivity index (χ3v) is 3.83. The van der Waals surface area contributed by atoms with Crippen LogP contribution in [0.25, 0.3) is 11.3 Å². The molecule has 0 atom stereocenters. The van der Waals surface area contributed by atoms with E-state index in [9.17, 15) is 9.18 Å². The van der Waals surface area contributed by atoms with Gasteiger partial charge >= 0.3 is 0 Å². The zero-order chi connectivity index (χ0) is 16.9. The average Bonchev–Trinajstić information content (AvgIpc) is 2.62. The quantitative estimate of drug-likeness (QED) is 0.783. The van der Waals surface area contributed by atoms with Crippen LogP contribution in [0.4, 0.5) is 4.39 Å². The highest BCUT2D eigenvalue weighted by Gasteiger charge is 2.12. The molecule has 1 aromatic heterocycles. The molecule has 1 heterocycles. The molecule has 0 spiro atoms. The number of halogens is 2. The number of nitrogens with one attached hydrogen (secondary N) is 1. The molecule has 0 aliphatic heterocycles. The Balaban J connectivity index is 1.76. The summed E-state index contributed by atoms with van der Waals surface area (Å²) in [6, 6.07) is 15.4. The Bertz CT molecular complexity index is 851. The van der Waals surface area contributed by atoms with E-state index < -0.39 is 5.82 Å². The van der Waals surface area contributed by atoms with Crippen LogP contribution in [0.2, 0.25) is 5.02 Å². The fraction of sp³-hybridized carbons (Fsp3) is 0.0556. The molecule has 0 aliphatic rings. The van der Waals surface area contributed by atoms with Crippen molar-refractivity contribution in [2.75, 3.05) is 0 Å². The van der Waals surface area contributed by atoms with Crippen LogP contribution in [0.15, 0.2) is 60.8 Å². The van der Waals surface area contributed by atoms with Gasteiger partial charge in [0.05, 0.1) is 17.5 Å². The van der Waals surface area contributed by atoms with Gasteiger partial charge in [0, 0.05) is 22.7 Å². The minimum Gasteiger partial charge on any atom is -0.348 e. The molecule has 0 aliphatic carbocycles. The number of nitrogens with zero attached hydrogens (tertiary/aromatic N) is 2. The van der Waals surface area contributed by atoms with Gasteiger partial charge in [0.15, 0.2) is 0 Å². The van der Waals surface area contributed by atoms with Crippen molar-refractivity contribution >= 4 is 17.5 Å². The van der Waals surface area contributed by atoms with Crippen molar-refractivity contribution in [3.8, 4) is 11.3 Å². The summed E-state index contributed by atoms with van der Waals surface area (Å²) in [4.78, 5) is 12.3. The van der Waals surface area contributed by atoms with Gasteiger partial charge in [-0.25, -0.2) is 4.39 Å². The van der Waals surface area contributed by atoms with Crippen molar-refractivity contribution in [1.82, 2.24) is 15.5 Å². The monoisotopic (exact) mass is 341 g/mol. The summed E-state index contributed by atoms with van der Waals surface area (Å²) in [7, 11) is 0. The Morgan fingerprint density at radius 2 is 1.92 bits per heavy atom. The van der Waals surface area contributed by atoms with Gasteiger partial charge in [0.25, 0.3) is 5.91 Å². The number of hydrogen-bond donors (Lipinski definition) is 1. The molecule has 0 bridgehead atoms. The second-order valence-electron chi connectivity index (χ2n) is 5.08. The van der Waals surface area contributed by atoms with Crippen molar-refractivity contribution in [2.24, 2.45) is 0 Å². The molecule has 3 rings (SSSR count). The van der Waals surface area contributed by atoms with E-state index in [0.717, 1.165) is 5.56 Å². The first-order valence-corrected chi connectivity index (χ1v) is 7.62. The molecule has 0 unspecified atom stereocenters. The zero-order valence-corrected chi connectivity index (χ0v) is 13.3. The Morgan fingerprint density at radius 3 is 2.67 bits per heavy atom. The molecule has 3 aromatic rings. The van der Waals surface area contributed by atoms with Crippen molar-refractivity contribution in [3.05, 3.63) is 82.8 Å². The van der Waals surface area contributed by atoms with Crippen LogP contribution in [-0.2, 0) is 6.54 Å². The van der Waals surface area contributed by atoms with Crippen LogP contribution in [0.5, 0.6) is 0 Å². The summed E-state index contributed by atoms with van der Waals surface area (Å²) in [5.74, 6) is -0.831. The zero-order valence-electron chi connectivity index (χ0n) is 12.5. The van der Waals surface area contributed by atoms with Crippen LogP contribution in [0, 0.1) is 5.82 Å². The topological polar surface area (TPSA) is 54.9 Å². The number of hydrogen-bond acceptors (Lipinski definition) is 3. The van der Waals surface area contributed by atoms with Gasteiger partial charge < -0.3 is 5.32 Å². The molecule has 1 N–H and O–H groups in total. The molecule has 24 heavy (non-hydrogen) atoms. The van der Waals surface area contributed by atoms with Crippen LogP contribution in [0.1, 0.15) is 15.9 Å². The Labute approximate surface area is 143 Å². The summed E-state index contributed by atoms with van der Waals surface area (Å²) in [5.41, 5.74) is 2.04. The molecule has 2 aromatic carbocycles. The van der Waals surface area contributed by atoms with E-state index in [1.807, 2.05) is 30.3 Å². The second kappa shape index (κ2) is 7.19. The predicted molar refractivity (Wildman–Crippen MR) is 90.0 cm³/mol. The lowest BCUT2D eigenvalue weighted by Crippen LogP contribution is -2.23. The maximum absolute atomic E-state index is 13.7. The van der Waals surface area contributed by atoms with Gasteiger partial charge in [-0.15, -0.1) is 0 Å². The maximum Gasteiger partial charge on any atom is 0.253 e. The van der Waals surface area contributed by atoms with E-state index >= 15 is 0 Å². The highest BCUT2D eigenvalue weighted by molar-refractivity contribution is 6.31. The molecule has 4 nitrogen and oxygen atoms in total. The second-order valence-corrected chi connectivity index (χ2v) is 5.49. The van der Waals surface area contributed by atoms with Gasteiger partial charge in [-0.3, -0.25) is 4.79 Å². The van der Waals surface area contributed by atoms with Crippen molar-refractivity contribution in [3.63, 3.8) is 0 Å². The number of amides is 1.